The van der Waals surface area contributed by atoms with Crippen LogP contribution < -0.4 is 0 Å². The molecule has 1 aromatic rings. The van der Waals surface area contributed by atoms with Crippen LogP contribution in [-0.4, -0.2) is 46.8 Å². The van der Waals surface area contributed by atoms with Gasteiger partial charge in [-0.05, 0) is 51.0 Å². The summed E-state index contributed by atoms with van der Waals surface area (Å²) in [7, 11) is 0. The fourth-order valence-electron chi connectivity index (χ4n) is 3.31. The number of carbonyl (C=O) groups excluding carboxylic acids is 2. The van der Waals surface area contributed by atoms with Crippen molar-refractivity contribution >= 4 is 23.2 Å². The Morgan fingerprint density at radius 1 is 1.23 bits per heavy atom. The van der Waals surface area contributed by atoms with Gasteiger partial charge in [-0.1, -0.05) is 6.07 Å². The number of likely N-dealkylation sites (tertiary alicyclic amines) is 1. The van der Waals surface area contributed by atoms with Gasteiger partial charge >= 0.3 is 0 Å². The van der Waals surface area contributed by atoms with Crippen molar-refractivity contribution in [2.45, 2.75) is 51.6 Å². The highest BCUT2D eigenvalue weighted by atomic mass is 32.1. The first kappa shape index (κ1) is 15.5. The summed E-state index contributed by atoms with van der Waals surface area (Å²) < 4.78 is 0. The predicted molar refractivity (Wildman–Crippen MR) is 88.0 cm³/mol. The van der Waals surface area contributed by atoms with E-state index in [-0.39, 0.29) is 17.9 Å². The third-order valence-electron chi connectivity index (χ3n) is 4.61. The number of nitrogens with zero attached hydrogens (tertiary/aromatic N) is 2. The molecule has 0 atom stereocenters. The zero-order chi connectivity index (χ0) is 15.7. The Hall–Kier alpha value is -1.36. The molecule has 22 heavy (non-hydrogen) atoms. The topological polar surface area (TPSA) is 40.6 Å². The maximum Gasteiger partial charge on any atom is 0.263 e. The molecule has 1 aromatic heterocycles. The van der Waals surface area contributed by atoms with E-state index in [0.717, 1.165) is 30.6 Å². The molecule has 0 spiro atoms. The number of piperidine rings is 1. The van der Waals surface area contributed by atoms with Crippen molar-refractivity contribution in [1.82, 2.24) is 9.80 Å². The van der Waals surface area contributed by atoms with Crippen LogP contribution in [0.1, 0.15) is 49.2 Å². The first-order valence-corrected chi connectivity index (χ1v) is 9.11. The minimum Gasteiger partial charge on any atom is -0.338 e. The maximum absolute atomic E-state index is 12.8. The average Bonchev–Trinajstić information content (AvgIpc) is 3.18. The average molecular weight is 320 g/mol. The van der Waals surface area contributed by atoms with Gasteiger partial charge in [0.25, 0.3) is 5.91 Å². The van der Waals surface area contributed by atoms with Gasteiger partial charge in [0.15, 0.2) is 0 Å². The quantitative estimate of drug-likeness (QED) is 0.855. The van der Waals surface area contributed by atoms with E-state index in [1.54, 1.807) is 0 Å². The fraction of sp³-hybridized carbons (Fsp3) is 0.647. The van der Waals surface area contributed by atoms with Crippen molar-refractivity contribution in [2.24, 2.45) is 5.92 Å². The number of amides is 2. The highest BCUT2D eigenvalue weighted by Gasteiger charge is 2.38. The molecule has 3 rings (SSSR count). The van der Waals surface area contributed by atoms with Gasteiger partial charge < -0.3 is 9.80 Å². The summed E-state index contributed by atoms with van der Waals surface area (Å²) in [6.45, 7) is 5.60. The van der Waals surface area contributed by atoms with Crippen LogP contribution in [-0.2, 0) is 4.79 Å². The molecule has 2 amide bonds. The van der Waals surface area contributed by atoms with E-state index in [1.807, 2.05) is 22.4 Å². The Morgan fingerprint density at radius 2 is 1.91 bits per heavy atom. The maximum atomic E-state index is 12.8. The van der Waals surface area contributed by atoms with Gasteiger partial charge in [-0.25, -0.2) is 0 Å². The monoisotopic (exact) mass is 320 g/mol. The van der Waals surface area contributed by atoms with Crippen molar-refractivity contribution in [3.8, 4) is 0 Å². The zero-order valence-electron chi connectivity index (χ0n) is 13.3. The Labute approximate surface area is 136 Å². The predicted octanol–water partition coefficient (Wildman–Crippen LogP) is 3.00. The van der Waals surface area contributed by atoms with Gasteiger partial charge in [-0.3, -0.25) is 9.59 Å². The number of hydrogen-bond donors (Lipinski definition) is 0. The van der Waals surface area contributed by atoms with E-state index >= 15 is 0 Å². The van der Waals surface area contributed by atoms with Gasteiger partial charge in [0, 0.05) is 31.1 Å². The molecule has 1 aliphatic carbocycles. The largest absolute Gasteiger partial charge is 0.338 e. The SMILES string of the molecule is CC(C)N(C(=O)C1CCN(C(=O)c2cccs2)CC1)C1CC1. The van der Waals surface area contributed by atoms with Crippen LogP contribution in [0.2, 0.25) is 0 Å². The first-order valence-electron chi connectivity index (χ1n) is 8.23. The Kier molecular flexibility index (Phi) is 4.52. The fourth-order valence-corrected chi connectivity index (χ4v) is 4.00. The van der Waals surface area contributed by atoms with E-state index < -0.39 is 0 Å². The highest BCUT2D eigenvalue weighted by molar-refractivity contribution is 7.12. The van der Waals surface area contributed by atoms with Crippen LogP contribution in [0.15, 0.2) is 17.5 Å². The summed E-state index contributed by atoms with van der Waals surface area (Å²) in [5.41, 5.74) is 0. The van der Waals surface area contributed by atoms with Crippen LogP contribution in [0.25, 0.3) is 0 Å². The normalized spacial score (nSPS) is 19.5. The van der Waals surface area contributed by atoms with Gasteiger partial charge in [0.1, 0.15) is 0 Å². The van der Waals surface area contributed by atoms with Crippen molar-refractivity contribution in [2.75, 3.05) is 13.1 Å². The van der Waals surface area contributed by atoms with E-state index in [1.165, 1.54) is 11.3 Å². The van der Waals surface area contributed by atoms with Crippen molar-refractivity contribution in [3.05, 3.63) is 22.4 Å². The van der Waals surface area contributed by atoms with E-state index in [4.69, 9.17) is 0 Å². The molecule has 1 saturated carbocycles. The van der Waals surface area contributed by atoms with Crippen LogP contribution >= 0.6 is 11.3 Å². The van der Waals surface area contributed by atoms with Crippen molar-refractivity contribution < 1.29 is 9.59 Å². The van der Waals surface area contributed by atoms with E-state index in [0.29, 0.717) is 25.0 Å². The second-order valence-corrected chi connectivity index (χ2v) is 7.56. The molecule has 0 unspecified atom stereocenters. The number of rotatable bonds is 4. The standard InChI is InChI=1S/C17H24N2O2S/c1-12(2)19(14-5-6-14)16(20)13-7-9-18(10-8-13)17(21)15-4-3-11-22-15/h3-4,11-14H,5-10H2,1-2H3. The lowest BCUT2D eigenvalue weighted by Crippen LogP contribution is -2.47. The lowest BCUT2D eigenvalue weighted by molar-refractivity contribution is -0.139. The third kappa shape index (κ3) is 3.19. The summed E-state index contributed by atoms with van der Waals surface area (Å²) in [5, 5.41) is 1.93. The molecular formula is C17H24N2O2S. The number of hydrogen-bond acceptors (Lipinski definition) is 3. The smallest absolute Gasteiger partial charge is 0.263 e. The van der Waals surface area contributed by atoms with Crippen LogP contribution in [0, 0.1) is 5.92 Å². The van der Waals surface area contributed by atoms with Crippen molar-refractivity contribution in [3.63, 3.8) is 0 Å². The van der Waals surface area contributed by atoms with Crippen LogP contribution in [0.5, 0.6) is 0 Å². The third-order valence-corrected chi connectivity index (χ3v) is 5.47. The summed E-state index contributed by atoms with van der Waals surface area (Å²) in [6, 6.07) is 4.53. The molecule has 0 radical (unpaired) electrons. The molecule has 0 aromatic carbocycles. The lowest BCUT2D eigenvalue weighted by atomic mass is 9.94. The summed E-state index contributed by atoms with van der Waals surface area (Å²) in [5.74, 6) is 0.514. The molecule has 1 aliphatic heterocycles. The Bertz CT molecular complexity index is 527. The van der Waals surface area contributed by atoms with Gasteiger partial charge in [0.05, 0.1) is 4.88 Å². The Balaban J connectivity index is 1.57. The van der Waals surface area contributed by atoms with E-state index in [2.05, 4.69) is 18.7 Å². The molecule has 2 heterocycles. The molecule has 0 N–H and O–H groups in total. The number of thiophene rings is 1. The highest BCUT2D eigenvalue weighted by Crippen LogP contribution is 2.32. The first-order chi connectivity index (χ1) is 10.6. The molecule has 5 heteroatoms. The minimum atomic E-state index is 0.0929. The van der Waals surface area contributed by atoms with Crippen molar-refractivity contribution in [1.29, 1.82) is 0 Å². The van der Waals surface area contributed by atoms with Gasteiger partial charge in [0.2, 0.25) is 5.91 Å². The summed E-state index contributed by atoms with van der Waals surface area (Å²) in [4.78, 5) is 29.9. The Morgan fingerprint density at radius 3 is 2.41 bits per heavy atom. The van der Waals surface area contributed by atoms with Gasteiger partial charge in [-0.15, -0.1) is 11.3 Å². The van der Waals surface area contributed by atoms with Crippen LogP contribution in [0.4, 0.5) is 0 Å². The molecule has 2 fully saturated rings. The zero-order valence-corrected chi connectivity index (χ0v) is 14.1. The minimum absolute atomic E-state index is 0.0929. The molecule has 2 aliphatic rings. The summed E-state index contributed by atoms with van der Waals surface area (Å²) >= 11 is 1.49. The van der Waals surface area contributed by atoms with Crippen LogP contribution in [0.3, 0.4) is 0 Å². The molecule has 0 bridgehead atoms. The molecule has 4 nitrogen and oxygen atoms in total. The van der Waals surface area contributed by atoms with Gasteiger partial charge in [-0.2, -0.15) is 0 Å². The second kappa shape index (κ2) is 6.41. The molecule has 120 valence electrons. The van der Waals surface area contributed by atoms with E-state index in [9.17, 15) is 9.59 Å². The molecular weight excluding hydrogens is 296 g/mol. The second-order valence-electron chi connectivity index (χ2n) is 6.61. The molecule has 1 saturated heterocycles. The lowest BCUT2D eigenvalue weighted by Gasteiger charge is -2.35. The number of carbonyl (C=O) groups is 2. The summed E-state index contributed by atoms with van der Waals surface area (Å²) in [6.07, 6.45) is 3.90.